The van der Waals surface area contributed by atoms with Gasteiger partial charge in [0.2, 0.25) is 0 Å². The van der Waals surface area contributed by atoms with Crippen LogP contribution in [0.3, 0.4) is 0 Å². The van der Waals surface area contributed by atoms with Gasteiger partial charge in [0.25, 0.3) is 11.4 Å². The van der Waals surface area contributed by atoms with Crippen molar-refractivity contribution in [1.82, 2.24) is 0 Å². The fraction of sp³-hybridized carbons (Fsp3) is 0.278. The Morgan fingerprint density at radius 1 is 0.778 bits per heavy atom. The molecule has 0 saturated heterocycles. The lowest BCUT2D eigenvalue weighted by Gasteiger charge is -2.06. The Labute approximate surface area is 154 Å². The monoisotopic (exact) mass is 374 g/mol. The molecule has 2 aromatic carbocycles. The maximum atomic E-state index is 11.6. The van der Waals surface area contributed by atoms with E-state index in [1.54, 1.807) is 24.3 Å². The van der Waals surface area contributed by atoms with Crippen LogP contribution in [0.4, 0.5) is 11.4 Å². The summed E-state index contributed by atoms with van der Waals surface area (Å²) in [5, 5.41) is 21.1. The molecule has 27 heavy (non-hydrogen) atoms. The van der Waals surface area contributed by atoms with Crippen LogP contribution in [0.1, 0.15) is 11.1 Å². The zero-order valence-electron chi connectivity index (χ0n) is 14.4. The molecule has 0 aliphatic rings. The number of nitrogens with zero attached hydrogens (tertiary/aromatic N) is 2. The quantitative estimate of drug-likeness (QED) is 0.271. The highest BCUT2D eigenvalue weighted by molar-refractivity contribution is 5.70. The lowest BCUT2D eigenvalue weighted by atomic mass is 10.1. The van der Waals surface area contributed by atoms with Gasteiger partial charge in [-0.2, -0.15) is 0 Å². The van der Waals surface area contributed by atoms with Gasteiger partial charge in [0.15, 0.2) is 0 Å². The van der Waals surface area contributed by atoms with Crippen molar-refractivity contribution in [3.05, 3.63) is 79.9 Å². The minimum Gasteiger partial charge on any atom is -0.464 e. The highest BCUT2D eigenvalue weighted by Gasteiger charge is 2.07. The number of hydrogen-bond acceptors (Lipinski definition) is 7. The van der Waals surface area contributed by atoms with Crippen LogP contribution in [-0.2, 0) is 27.1 Å². The van der Waals surface area contributed by atoms with E-state index < -0.39 is 15.8 Å². The zero-order valence-corrected chi connectivity index (χ0v) is 14.4. The third kappa shape index (κ3) is 6.83. The minimum atomic E-state index is -0.499. The van der Waals surface area contributed by atoms with Crippen LogP contribution in [-0.4, -0.2) is 35.6 Å². The molecule has 2 aromatic rings. The Balaban J connectivity index is 1.60. The molecule has 142 valence electrons. The number of hydrogen-bond donors (Lipinski definition) is 0. The fourth-order valence-electron chi connectivity index (χ4n) is 2.24. The van der Waals surface area contributed by atoms with E-state index in [2.05, 4.69) is 0 Å². The van der Waals surface area contributed by atoms with E-state index in [1.807, 2.05) is 0 Å². The Kier molecular flexibility index (Phi) is 7.38. The summed E-state index contributed by atoms with van der Waals surface area (Å²) in [4.78, 5) is 31.8. The standard InChI is InChI=1S/C18H18N2O7/c21-18(27-12-10-15-3-7-17(8-4-15)20(24)25)13-26-11-9-14-1-5-16(6-2-14)19(22)23/h1-8H,9-13H2. The molecular formula is C18H18N2O7. The Hall–Kier alpha value is -3.33. The normalized spacial score (nSPS) is 10.4. The average Bonchev–Trinajstić information content (AvgIpc) is 2.66. The Morgan fingerprint density at radius 3 is 1.67 bits per heavy atom. The molecule has 0 atom stereocenters. The predicted octanol–water partition coefficient (Wildman–Crippen LogP) is 2.85. The molecule has 0 aromatic heterocycles. The molecule has 0 saturated carbocycles. The fourth-order valence-corrected chi connectivity index (χ4v) is 2.24. The Morgan fingerprint density at radius 2 is 1.22 bits per heavy atom. The maximum Gasteiger partial charge on any atom is 0.332 e. The second-order valence-corrected chi connectivity index (χ2v) is 5.62. The molecule has 0 bridgehead atoms. The number of esters is 1. The second kappa shape index (κ2) is 9.97. The zero-order chi connectivity index (χ0) is 19.6. The van der Waals surface area contributed by atoms with Gasteiger partial charge in [0.1, 0.15) is 6.61 Å². The summed E-state index contributed by atoms with van der Waals surface area (Å²) in [5.41, 5.74) is 1.73. The first-order chi connectivity index (χ1) is 13.0. The smallest absolute Gasteiger partial charge is 0.332 e. The molecule has 0 aliphatic heterocycles. The number of nitro groups is 2. The molecule has 0 amide bonds. The number of benzene rings is 2. The van der Waals surface area contributed by atoms with Gasteiger partial charge in [0.05, 0.1) is 23.1 Å². The number of rotatable bonds is 10. The largest absolute Gasteiger partial charge is 0.464 e. The van der Waals surface area contributed by atoms with Crippen LogP contribution in [0.2, 0.25) is 0 Å². The van der Waals surface area contributed by atoms with Gasteiger partial charge in [0, 0.05) is 30.7 Å². The average molecular weight is 374 g/mol. The van der Waals surface area contributed by atoms with Crippen molar-refractivity contribution in [2.24, 2.45) is 0 Å². The summed E-state index contributed by atoms with van der Waals surface area (Å²) in [6.45, 7) is 0.255. The van der Waals surface area contributed by atoms with E-state index in [0.29, 0.717) is 12.8 Å². The predicted molar refractivity (Wildman–Crippen MR) is 95.4 cm³/mol. The van der Waals surface area contributed by atoms with E-state index in [1.165, 1.54) is 24.3 Å². The van der Waals surface area contributed by atoms with Crippen LogP contribution >= 0.6 is 0 Å². The van der Waals surface area contributed by atoms with Crippen LogP contribution in [0.15, 0.2) is 48.5 Å². The molecule has 2 rings (SSSR count). The first kappa shape index (κ1) is 20.0. The highest BCUT2D eigenvalue weighted by Crippen LogP contribution is 2.13. The summed E-state index contributed by atoms with van der Waals surface area (Å²) < 4.78 is 10.3. The SMILES string of the molecule is O=C(COCCc1ccc([N+](=O)[O-])cc1)OCCc1ccc([N+](=O)[O-])cc1. The summed E-state index contributed by atoms with van der Waals surface area (Å²) in [5.74, 6) is -0.499. The van der Waals surface area contributed by atoms with Crippen LogP contribution in [0.25, 0.3) is 0 Å². The lowest BCUT2D eigenvalue weighted by Crippen LogP contribution is -2.15. The molecule has 9 heteroatoms. The van der Waals surface area contributed by atoms with Crippen molar-refractivity contribution >= 4 is 17.3 Å². The van der Waals surface area contributed by atoms with Crippen LogP contribution in [0, 0.1) is 20.2 Å². The molecule has 0 heterocycles. The summed E-state index contributed by atoms with van der Waals surface area (Å²) in [7, 11) is 0. The Bertz CT molecular complexity index is 788. The molecule has 0 spiro atoms. The lowest BCUT2D eigenvalue weighted by molar-refractivity contribution is -0.385. The van der Waals surface area contributed by atoms with Crippen LogP contribution < -0.4 is 0 Å². The first-order valence-electron chi connectivity index (χ1n) is 8.16. The summed E-state index contributed by atoms with van der Waals surface area (Å²) in [6, 6.07) is 12.2. The topological polar surface area (TPSA) is 122 Å². The molecule has 0 aliphatic carbocycles. The molecule has 0 unspecified atom stereocenters. The van der Waals surface area contributed by atoms with Gasteiger partial charge in [-0.25, -0.2) is 4.79 Å². The highest BCUT2D eigenvalue weighted by atomic mass is 16.6. The van der Waals surface area contributed by atoms with Crippen molar-refractivity contribution in [1.29, 1.82) is 0 Å². The third-order valence-electron chi connectivity index (χ3n) is 3.70. The molecule has 0 N–H and O–H groups in total. The van der Waals surface area contributed by atoms with Crippen molar-refractivity contribution in [3.8, 4) is 0 Å². The summed E-state index contributed by atoms with van der Waals surface area (Å²) >= 11 is 0. The van der Waals surface area contributed by atoms with Gasteiger partial charge >= 0.3 is 5.97 Å². The van der Waals surface area contributed by atoms with Crippen LogP contribution in [0.5, 0.6) is 0 Å². The molecule has 0 fully saturated rings. The van der Waals surface area contributed by atoms with Gasteiger partial charge in [-0.15, -0.1) is 0 Å². The first-order valence-corrected chi connectivity index (χ1v) is 8.16. The number of nitro benzene ring substituents is 2. The van der Waals surface area contributed by atoms with Gasteiger partial charge in [-0.1, -0.05) is 24.3 Å². The summed E-state index contributed by atoms with van der Waals surface area (Å²) in [6.07, 6.45) is 0.973. The van der Waals surface area contributed by atoms with E-state index in [0.717, 1.165) is 11.1 Å². The maximum absolute atomic E-state index is 11.6. The van der Waals surface area contributed by atoms with Gasteiger partial charge in [-0.3, -0.25) is 20.2 Å². The van der Waals surface area contributed by atoms with E-state index in [4.69, 9.17) is 9.47 Å². The number of carbonyl (C=O) groups is 1. The second-order valence-electron chi connectivity index (χ2n) is 5.62. The van der Waals surface area contributed by atoms with Crippen molar-refractivity contribution in [2.45, 2.75) is 12.8 Å². The van der Waals surface area contributed by atoms with Gasteiger partial charge in [-0.05, 0) is 17.5 Å². The van der Waals surface area contributed by atoms with Gasteiger partial charge < -0.3 is 9.47 Å². The molecule has 9 nitrogen and oxygen atoms in total. The number of carbonyl (C=O) groups excluding carboxylic acids is 1. The number of ether oxygens (including phenoxy) is 2. The third-order valence-corrected chi connectivity index (χ3v) is 3.70. The van der Waals surface area contributed by atoms with Crippen molar-refractivity contribution < 1.29 is 24.1 Å². The van der Waals surface area contributed by atoms with E-state index in [-0.39, 0.29) is 31.2 Å². The number of non-ortho nitro benzene ring substituents is 2. The van der Waals surface area contributed by atoms with Crippen molar-refractivity contribution in [2.75, 3.05) is 19.8 Å². The van der Waals surface area contributed by atoms with Crippen molar-refractivity contribution in [3.63, 3.8) is 0 Å². The molecule has 0 radical (unpaired) electrons. The van der Waals surface area contributed by atoms with E-state index in [9.17, 15) is 25.0 Å². The van der Waals surface area contributed by atoms with E-state index >= 15 is 0 Å². The minimum absolute atomic E-state index is 0.0113. The molecular weight excluding hydrogens is 356 g/mol.